The second-order valence-corrected chi connectivity index (χ2v) is 3.25. The largest absolute Gasteiger partial charge is 0.469 e. The lowest BCUT2D eigenvalue weighted by molar-refractivity contribution is 0.503. The van der Waals surface area contributed by atoms with Crippen molar-refractivity contribution in [1.82, 2.24) is 5.32 Å². The molecular formula is C11H18N2O. The zero-order chi connectivity index (χ0) is 10.2. The number of nitrogens with one attached hydrogen (secondary N) is 1. The second-order valence-electron chi connectivity index (χ2n) is 3.25. The molecule has 0 fully saturated rings. The van der Waals surface area contributed by atoms with Gasteiger partial charge in [-0.05, 0) is 31.5 Å². The first kappa shape index (κ1) is 10.9. The van der Waals surface area contributed by atoms with Crippen molar-refractivity contribution in [2.24, 2.45) is 5.73 Å². The molecule has 3 nitrogen and oxygen atoms in total. The molecule has 0 saturated carbocycles. The number of furan rings is 1. The van der Waals surface area contributed by atoms with Gasteiger partial charge in [0.05, 0.1) is 6.26 Å². The van der Waals surface area contributed by atoms with Crippen LogP contribution in [-0.4, -0.2) is 13.1 Å². The van der Waals surface area contributed by atoms with Gasteiger partial charge in [-0.2, -0.15) is 0 Å². The summed E-state index contributed by atoms with van der Waals surface area (Å²) >= 11 is 0. The molecule has 0 aromatic carbocycles. The molecule has 0 radical (unpaired) electrons. The molecule has 0 atom stereocenters. The van der Waals surface area contributed by atoms with Crippen LogP contribution in [0.4, 0.5) is 0 Å². The molecule has 1 aromatic rings. The molecule has 3 heteroatoms. The Balaban J connectivity index is 2.06. The van der Waals surface area contributed by atoms with E-state index in [2.05, 4.69) is 11.9 Å². The van der Waals surface area contributed by atoms with Crippen molar-refractivity contribution in [3.8, 4) is 0 Å². The highest BCUT2D eigenvalue weighted by atomic mass is 16.3. The van der Waals surface area contributed by atoms with Gasteiger partial charge in [-0.15, -0.1) is 0 Å². The first-order valence-electron chi connectivity index (χ1n) is 4.97. The van der Waals surface area contributed by atoms with Crippen LogP contribution in [0.15, 0.2) is 35.1 Å². The van der Waals surface area contributed by atoms with Gasteiger partial charge in [-0.3, -0.25) is 0 Å². The van der Waals surface area contributed by atoms with E-state index < -0.39 is 0 Å². The third-order valence-corrected chi connectivity index (χ3v) is 2.01. The summed E-state index contributed by atoms with van der Waals surface area (Å²) in [6.45, 7) is 5.51. The monoisotopic (exact) mass is 194 g/mol. The third-order valence-electron chi connectivity index (χ3n) is 2.01. The summed E-state index contributed by atoms with van der Waals surface area (Å²) in [4.78, 5) is 0. The minimum atomic E-state index is 0.721. The van der Waals surface area contributed by atoms with E-state index >= 15 is 0 Å². The van der Waals surface area contributed by atoms with Gasteiger partial charge in [0, 0.05) is 18.7 Å². The highest BCUT2D eigenvalue weighted by Crippen LogP contribution is 2.01. The zero-order valence-corrected chi connectivity index (χ0v) is 8.46. The summed E-state index contributed by atoms with van der Waals surface area (Å²) in [5.41, 5.74) is 6.46. The smallest absolute Gasteiger partial charge is 0.105 e. The van der Waals surface area contributed by atoms with E-state index in [9.17, 15) is 0 Å². The SMILES string of the molecule is C=C(CCCN)NCCc1ccco1. The van der Waals surface area contributed by atoms with Gasteiger partial charge >= 0.3 is 0 Å². The summed E-state index contributed by atoms with van der Waals surface area (Å²) in [5.74, 6) is 1.00. The van der Waals surface area contributed by atoms with E-state index in [1.165, 1.54) is 0 Å². The van der Waals surface area contributed by atoms with Crippen molar-refractivity contribution in [3.63, 3.8) is 0 Å². The van der Waals surface area contributed by atoms with Crippen molar-refractivity contribution < 1.29 is 4.42 Å². The Kier molecular flexibility index (Phi) is 4.86. The molecule has 1 rings (SSSR count). The fraction of sp³-hybridized carbons (Fsp3) is 0.455. The van der Waals surface area contributed by atoms with E-state index in [4.69, 9.17) is 10.2 Å². The highest BCUT2D eigenvalue weighted by molar-refractivity contribution is 4.99. The average Bonchev–Trinajstić information content (AvgIpc) is 2.67. The van der Waals surface area contributed by atoms with E-state index in [-0.39, 0.29) is 0 Å². The van der Waals surface area contributed by atoms with Gasteiger partial charge in [-0.1, -0.05) is 6.58 Å². The Morgan fingerprint density at radius 2 is 2.43 bits per heavy atom. The molecule has 0 unspecified atom stereocenters. The molecule has 0 spiro atoms. The van der Waals surface area contributed by atoms with Crippen LogP contribution >= 0.6 is 0 Å². The van der Waals surface area contributed by atoms with Crippen LogP contribution in [0.5, 0.6) is 0 Å². The lowest BCUT2D eigenvalue weighted by atomic mass is 10.2. The van der Waals surface area contributed by atoms with Crippen molar-refractivity contribution in [2.45, 2.75) is 19.3 Å². The van der Waals surface area contributed by atoms with Crippen LogP contribution < -0.4 is 11.1 Å². The van der Waals surface area contributed by atoms with E-state index in [1.54, 1.807) is 6.26 Å². The number of nitrogens with two attached hydrogens (primary N) is 1. The van der Waals surface area contributed by atoms with Crippen LogP contribution in [0.3, 0.4) is 0 Å². The Morgan fingerprint density at radius 3 is 3.07 bits per heavy atom. The van der Waals surface area contributed by atoms with Crippen molar-refractivity contribution >= 4 is 0 Å². The van der Waals surface area contributed by atoms with Crippen molar-refractivity contribution in [1.29, 1.82) is 0 Å². The van der Waals surface area contributed by atoms with Gasteiger partial charge in [0.15, 0.2) is 0 Å². The summed E-state index contributed by atoms with van der Waals surface area (Å²) < 4.78 is 5.21. The van der Waals surface area contributed by atoms with Gasteiger partial charge in [0.2, 0.25) is 0 Å². The maximum absolute atomic E-state index is 5.40. The minimum absolute atomic E-state index is 0.721. The quantitative estimate of drug-likeness (QED) is 0.694. The molecule has 0 aliphatic heterocycles. The molecule has 0 amide bonds. The summed E-state index contributed by atoms with van der Waals surface area (Å²) in [7, 11) is 0. The molecule has 1 aromatic heterocycles. The summed E-state index contributed by atoms with van der Waals surface area (Å²) in [6, 6.07) is 3.88. The number of allylic oxidation sites excluding steroid dienone is 1. The minimum Gasteiger partial charge on any atom is -0.469 e. The van der Waals surface area contributed by atoms with E-state index in [1.807, 2.05) is 12.1 Å². The lowest BCUT2D eigenvalue weighted by Crippen LogP contribution is -2.16. The van der Waals surface area contributed by atoms with Gasteiger partial charge in [-0.25, -0.2) is 0 Å². The van der Waals surface area contributed by atoms with Crippen LogP contribution in [-0.2, 0) is 6.42 Å². The predicted octanol–water partition coefficient (Wildman–Crippen LogP) is 1.66. The fourth-order valence-corrected chi connectivity index (χ4v) is 1.22. The second kappa shape index (κ2) is 6.27. The van der Waals surface area contributed by atoms with Crippen LogP contribution in [0.2, 0.25) is 0 Å². The van der Waals surface area contributed by atoms with E-state index in [0.717, 1.165) is 43.8 Å². The Bertz CT molecular complexity index is 254. The molecule has 0 bridgehead atoms. The van der Waals surface area contributed by atoms with Crippen molar-refractivity contribution in [3.05, 3.63) is 36.4 Å². The number of hydrogen-bond acceptors (Lipinski definition) is 3. The topological polar surface area (TPSA) is 51.2 Å². The molecule has 14 heavy (non-hydrogen) atoms. The van der Waals surface area contributed by atoms with Gasteiger partial charge in [0.25, 0.3) is 0 Å². The van der Waals surface area contributed by atoms with E-state index in [0.29, 0.717) is 0 Å². The third kappa shape index (κ3) is 4.14. The maximum Gasteiger partial charge on any atom is 0.105 e. The van der Waals surface area contributed by atoms with Gasteiger partial charge < -0.3 is 15.5 Å². The van der Waals surface area contributed by atoms with Crippen LogP contribution in [0, 0.1) is 0 Å². The Morgan fingerprint density at radius 1 is 1.57 bits per heavy atom. The average molecular weight is 194 g/mol. The van der Waals surface area contributed by atoms with Crippen LogP contribution in [0.1, 0.15) is 18.6 Å². The Labute approximate surface area is 85.0 Å². The first-order valence-corrected chi connectivity index (χ1v) is 4.97. The van der Waals surface area contributed by atoms with Gasteiger partial charge in [0.1, 0.15) is 5.76 Å². The standard InChI is InChI=1S/C11H18N2O/c1-10(4-2-7-12)13-8-6-11-5-3-9-14-11/h3,5,9,13H,1-2,4,6-8,12H2. The summed E-state index contributed by atoms with van der Waals surface area (Å²) in [5, 5.41) is 3.25. The van der Waals surface area contributed by atoms with Crippen molar-refractivity contribution in [2.75, 3.05) is 13.1 Å². The summed E-state index contributed by atoms with van der Waals surface area (Å²) in [6.07, 6.45) is 4.54. The number of rotatable bonds is 7. The Hall–Kier alpha value is -1.22. The molecule has 1 heterocycles. The molecule has 0 aliphatic carbocycles. The highest BCUT2D eigenvalue weighted by Gasteiger charge is 1.96. The molecule has 0 saturated heterocycles. The molecule has 0 aliphatic rings. The van der Waals surface area contributed by atoms with Crippen LogP contribution in [0.25, 0.3) is 0 Å². The predicted molar refractivity (Wildman–Crippen MR) is 57.8 cm³/mol. The maximum atomic E-state index is 5.40. The molecule has 78 valence electrons. The zero-order valence-electron chi connectivity index (χ0n) is 8.46. The lowest BCUT2D eigenvalue weighted by Gasteiger charge is -2.07. The number of hydrogen-bond donors (Lipinski definition) is 2. The normalized spacial score (nSPS) is 10.1. The molecule has 3 N–H and O–H groups in total. The fourth-order valence-electron chi connectivity index (χ4n) is 1.22. The molecular weight excluding hydrogens is 176 g/mol. The first-order chi connectivity index (χ1) is 6.83.